The number of anilines is 2. The van der Waals surface area contributed by atoms with Crippen molar-refractivity contribution in [3.05, 3.63) is 40.6 Å². The summed E-state index contributed by atoms with van der Waals surface area (Å²) in [5, 5.41) is 13.0. The first-order valence-electron chi connectivity index (χ1n) is 10.0. The number of nitrogens with zero attached hydrogens (tertiary/aromatic N) is 2. The molecule has 1 heterocycles. The van der Waals surface area contributed by atoms with Crippen LogP contribution in [0, 0.1) is 0 Å². The fourth-order valence-corrected chi connectivity index (χ4v) is 3.18. The van der Waals surface area contributed by atoms with Crippen LogP contribution in [0.4, 0.5) is 11.8 Å². The molecule has 0 spiro atoms. The molecule has 7 nitrogen and oxygen atoms in total. The molecular formula is C22H32N4O3. The summed E-state index contributed by atoms with van der Waals surface area (Å²) in [5.41, 5.74) is 8.36. The minimum absolute atomic E-state index is 0.248. The van der Waals surface area contributed by atoms with Crippen molar-refractivity contribution in [2.75, 3.05) is 24.7 Å². The summed E-state index contributed by atoms with van der Waals surface area (Å²) < 4.78 is 5.55. The van der Waals surface area contributed by atoms with Crippen LogP contribution in [0.5, 0.6) is 5.75 Å². The Balaban J connectivity index is 2.53. The van der Waals surface area contributed by atoms with Gasteiger partial charge < -0.3 is 20.9 Å². The molecule has 2 rings (SSSR count). The van der Waals surface area contributed by atoms with Crippen molar-refractivity contribution in [2.45, 2.75) is 58.8 Å². The number of aliphatic carboxylic acids is 1. The molecule has 1 aromatic heterocycles. The first-order valence-corrected chi connectivity index (χ1v) is 10.0. The number of aryl methyl sites for hydroxylation is 1. The average molecular weight is 401 g/mol. The first-order chi connectivity index (χ1) is 13.7. The van der Waals surface area contributed by atoms with Crippen molar-refractivity contribution in [1.82, 2.24) is 9.97 Å². The van der Waals surface area contributed by atoms with Crippen molar-refractivity contribution in [3.8, 4) is 5.75 Å². The molecule has 0 aliphatic carbocycles. The Labute approximate surface area is 172 Å². The van der Waals surface area contributed by atoms with Crippen molar-refractivity contribution in [3.63, 3.8) is 0 Å². The number of hydrogen-bond donors (Lipinski definition) is 3. The third kappa shape index (κ3) is 5.16. The zero-order valence-corrected chi connectivity index (χ0v) is 18.0. The number of benzene rings is 1. The fraction of sp³-hybridized carbons (Fsp3) is 0.500. The first kappa shape index (κ1) is 22.5. The number of nitrogen functional groups attached to an aromatic ring is 1. The Morgan fingerprint density at radius 2 is 2.00 bits per heavy atom. The second-order valence-electron chi connectivity index (χ2n) is 7.62. The van der Waals surface area contributed by atoms with Gasteiger partial charge in [-0.05, 0) is 43.9 Å². The van der Waals surface area contributed by atoms with Crippen LogP contribution in [0.1, 0.15) is 62.9 Å². The maximum atomic E-state index is 11.7. The molecule has 0 atom stereocenters. The van der Waals surface area contributed by atoms with E-state index in [1.165, 1.54) is 0 Å². The van der Waals surface area contributed by atoms with Crippen molar-refractivity contribution in [2.24, 2.45) is 0 Å². The van der Waals surface area contributed by atoms with Gasteiger partial charge in [0.1, 0.15) is 11.6 Å². The molecule has 0 aliphatic rings. The predicted octanol–water partition coefficient (Wildman–Crippen LogP) is 3.79. The van der Waals surface area contributed by atoms with Crippen molar-refractivity contribution < 1.29 is 14.6 Å². The fourth-order valence-electron chi connectivity index (χ4n) is 3.18. The largest absolute Gasteiger partial charge is 0.496 e. The molecule has 0 bridgehead atoms. The second-order valence-corrected chi connectivity index (χ2v) is 7.62. The summed E-state index contributed by atoms with van der Waals surface area (Å²) in [7, 11) is 1.61. The number of aromatic nitrogens is 2. The molecule has 4 N–H and O–H groups in total. The van der Waals surface area contributed by atoms with Gasteiger partial charge in [0.25, 0.3) is 0 Å². The monoisotopic (exact) mass is 400 g/mol. The normalized spacial score (nSPS) is 11.3. The minimum atomic E-state index is -1.01. The molecule has 0 saturated carbocycles. The van der Waals surface area contributed by atoms with Crippen LogP contribution < -0.4 is 15.8 Å². The van der Waals surface area contributed by atoms with Gasteiger partial charge in [-0.25, -0.2) is 4.98 Å². The lowest BCUT2D eigenvalue weighted by atomic mass is 9.83. The van der Waals surface area contributed by atoms with Crippen molar-refractivity contribution >= 4 is 17.7 Å². The Morgan fingerprint density at radius 1 is 1.28 bits per heavy atom. The summed E-state index contributed by atoms with van der Waals surface area (Å²) in [4.78, 5) is 20.6. The zero-order valence-electron chi connectivity index (χ0n) is 18.0. The van der Waals surface area contributed by atoms with E-state index < -0.39 is 11.4 Å². The SMILES string of the molecule is CCCCNc1nc(N)nc(CC)c1Cc1cc(C(C)(C)C(=O)O)ccc1OC. The van der Waals surface area contributed by atoms with E-state index in [9.17, 15) is 9.90 Å². The number of hydrogen-bond acceptors (Lipinski definition) is 6. The molecule has 2 aromatic rings. The third-order valence-electron chi connectivity index (χ3n) is 5.17. The van der Waals surface area contributed by atoms with Gasteiger partial charge in [-0.3, -0.25) is 4.79 Å². The van der Waals surface area contributed by atoms with Crippen LogP contribution in [-0.2, 0) is 23.1 Å². The number of carboxylic acid groups (broad SMARTS) is 1. The molecule has 7 heteroatoms. The van der Waals surface area contributed by atoms with E-state index in [1.54, 1.807) is 27.0 Å². The molecule has 0 unspecified atom stereocenters. The Bertz CT molecular complexity index is 865. The number of unbranched alkanes of at least 4 members (excludes halogenated alkanes) is 1. The van der Waals surface area contributed by atoms with E-state index in [1.807, 2.05) is 19.1 Å². The van der Waals surface area contributed by atoms with Crippen LogP contribution in [0.3, 0.4) is 0 Å². The highest BCUT2D eigenvalue weighted by Crippen LogP contribution is 2.32. The van der Waals surface area contributed by atoms with Crippen LogP contribution in [0.25, 0.3) is 0 Å². The molecule has 0 radical (unpaired) electrons. The van der Waals surface area contributed by atoms with Gasteiger partial charge in [-0.15, -0.1) is 0 Å². The molecule has 29 heavy (non-hydrogen) atoms. The quantitative estimate of drug-likeness (QED) is 0.520. The van der Waals surface area contributed by atoms with Crippen LogP contribution in [0.15, 0.2) is 18.2 Å². The Kier molecular flexibility index (Phi) is 7.42. The van der Waals surface area contributed by atoms with Gasteiger partial charge in [0.15, 0.2) is 0 Å². The summed E-state index contributed by atoms with van der Waals surface area (Å²) in [6.45, 7) is 8.36. The number of methoxy groups -OCH3 is 1. The molecular weight excluding hydrogens is 368 g/mol. The maximum Gasteiger partial charge on any atom is 0.313 e. The topological polar surface area (TPSA) is 110 Å². The van der Waals surface area contributed by atoms with E-state index in [-0.39, 0.29) is 5.95 Å². The molecule has 0 aliphatic heterocycles. The third-order valence-corrected chi connectivity index (χ3v) is 5.17. The number of rotatable bonds is 10. The predicted molar refractivity (Wildman–Crippen MR) is 116 cm³/mol. The standard InChI is InChI=1S/C22H32N4O3/c1-6-8-11-24-19-16(17(7-2)25-21(23)26-19)13-14-12-15(9-10-18(14)29-5)22(3,4)20(27)28/h9-10,12H,6-8,11,13H2,1-5H3,(H,27,28)(H3,23,24,25,26). The van der Waals surface area contributed by atoms with Gasteiger partial charge in [0, 0.05) is 18.5 Å². The minimum Gasteiger partial charge on any atom is -0.496 e. The van der Waals surface area contributed by atoms with E-state index >= 15 is 0 Å². The van der Waals surface area contributed by atoms with E-state index in [4.69, 9.17) is 10.5 Å². The van der Waals surface area contributed by atoms with E-state index in [0.717, 1.165) is 47.6 Å². The van der Waals surface area contributed by atoms with Gasteiger partial charge in [0.05, 0.1) is 18.2 Å². The smallest absolute Gasteiger partial charge is 0.313 e. The molecule has 0 saturated heterocycles. The van der Waals surface area contributed by atoms with Gasteiger partial charge >= 0.3 is 5.97 Å². The van der Waals surface area contributed by atoms with Gasteiger partial charge in [0.2, 0.25) is 5.95 Å². The highest BCUT2D eigenvalue weighted by Gasteiger charge is 2.30. The highest BCUT2D eigenvalue weighted by atomic mass is 16.5. The molecule has 1 aromatic carbocycles. The lowest BCUT2D eigenvalue weighted by molar-refractivity contribution is -0.142. The summed E-state index contributed by atoms with van der Waals surface area (Å²) in [6.07, 6.45) is 3.33. The Morgan fingerprint density at radius 3 is 2.59 bits per heavy atom. The number of nitrogens with one attached hydrogen (secondary N) is 1. The van der Waals surface area contributed by atoms with E-state index in [2.05, 4.69) is 22.2 Å². The average Bonchev–Trinajstić information content (AvgIpc) is 2.69. The maximum absolute atomic E-state index is 11.7. The van der Waals surface area contributed by atoms with Crippen LogP contribution >= 0.6 is 0 Å². The van der Waals surface area contributed by atoms with Gasteiger partial charge in [-0.1, -0.05) is 32.4 Å². The van der Waals surface area contributed by atoms with Crippen LogP contribution in [0.2, 0.25) is 0 Å². The molecule has 0 fully saturated rings. The highest BCUT2D eigenvalue weighted by molar-refractivity contribution is 5.80. The van der Waals surface area contributed by atoms with Crippen molar-refractivity contribution in [1.29, 1.82) is 0 Å². The zero-order chi connectivity index (χ0) is 21.6. The molecule has 0 amide bonds. The van der Waals surface area contributed by atoms with Crippen LogP contribution in [-0.4, -0.2) is 34.7 Å². The van der Waals surface area contributed by atoms with E-state index in [0.29, 0.717) is 18.6 Å². The summed E-state index contributed by atoms with van der Waals surface area (Å²) in [5.74, 6) is 0.805. The van der Waals surface area contributed by atoms with Gasteiger partial charge in [-0.2, -0.15) is 4.98 Å². The number of nitrogens with two attached hydrogens (primary N) is 1. The Hall–Kier alpha value is -2.83. The number of carboxylic acids is 1. The number of carbonyl (C=O) groups is 1. The lowest BCUT2D eigenvalue weighted by Crippen LogP contribution is -2.28. The lowest BCUT2D eigenvalue weighted by Gasteiger charge is -2.22. The summed E-state index contributed by atoms with van der Waals surface area (Å²) in [6, 6.07) is 5.53. The number of ether oxygens (including phenoxy) is 1. The summed E-state index contributed by atoms with van der Waals surface area (Å²) >= 11 is 0. The second kappa shape index (κ2) is 9.58. The molecule has 158 valence electrons.